The van der Waals surface area contributed by atoms with E-state index in [4.69, 9.17) is 0 Å². The maximum Gasteiger partial charge on any atom is 0.270 e. The van der Waals surface area contributed by atoms with Gasteiger partial charge >= 0.3 is 0 Å². The first-order chi connectivity index (χ1) is 11.0. The van der Waals surface area contributed by atoms with E-state index in [0.29, 0.717) is 5.56 Å². The van der Waals surface area contributed by atoms with Crippen LogP contribution < -0.4 is 4.31 Å². The number of anilines is 1. The van der Waals surface area contributed by atoms with E-state index in [2.05, 4.69) is 14.9 Å². The van der Waals surface area contributed by atoms with Crippen LogP contribution in [0.25, 0.3) is 10.7 Å². The number of nitrogens with zero attached hydrogens (tertiary/aromatic N) is 3. The van der Waals surface area contributed by atoms with E-state index in [1.807, 2.05) is 13.8 Å². The summed E-state index contributed by atoms with van der Waals surface area (Å²) in [4.78, 5) is -0.175. The molecule has 135 valence electrons. The number of sulfonamides is 1. The maximum atomic E-state index is 12.8. The quantitative estimate of drug-likeness (QED) is 0.718. The molecule has 0 saturated carbocycles. The van der Waals surface area contributed by atoms with Gasteiger partial charge in [-0.25, -0.2) is 17.4 Å². The summed E-state index contributed by atoms with van der Waals surface area (Å²) in [5, 5.41) is 17.5. The topological polar surface area (TPSA) is 96.5 Å². The summed E-state index contributed by atoms with van der Waals surface area (Å²) in [5.41, 5.74) is 1.20. The molecule has 7 nitrogen and oxygen atoms in total. The van der Waals surface area contributed by atoms with Crippen LogP contribution in [0, 0.1) is 14.4 Å². The number of aromatic nitrogens is 2. The molecule has 1 aliphatic rings. The van der Waals surface area contributed by atoms with Crippen LogP contribution in [0.3, 0.4) is 0 Å². The van der Waals surface area contributed by atoms with Gasteiger partial charge in [-0.1, -0.05) is 38.1 Å². The van der Waals surface area contributed by atoms with Gasteiger partial charge < -0.3 is 12.5 Å². The number of aryl methyl sites for hydroxylation is 1. The molecule has 0 saturated heterocycles. The third kappa shape index (κ3) is 3.96. The van der Waals surface area contributed by atoms with Gasteiger partial charge in [0.15, 0.2) is 11.5 Å². The van der Waals surface area contributed by atoms with E-state index in [-0.39, 0.29) is 63.1 Å². The van der Waals surface area contributed by atoms with Crippen molar-refractivity contribution < 1.29 is 50.9 Å². The van der Waals surface area contributed by atoms with Crippen molar-refractivity contribution in [1.29, 1.82) is 0 Å². The Labute approximate surface area is 174 Å². The molecule has 1 aliphatic heterocycles. The second-order valence-electron chi connectivity index (χ2n) is 4.60. The number of rotatable bonds is 2. The molecular weight excluding hydrogens is 419 g/mol. The molecule has 0 bridgehead atoms. The first-order valence-electron chi connectivity index (χ1n) is 7.33. The third-order valence-corrected chi connectivity index (χ3v) is 5.31. The van der Waals surface area contributed by atoms with Gasteiger partial charge in [-0.05, 0) is 29.7 Å². The minimum absolute atomic E-state index is 0. The van der Waals surface area contributed by atoms with Gasteiger partial charge in [0.05, 0.1) is 0 Å². The molecule has 1 radical (unpaired) electrons. The van der Waals surface area contributed by atoms with Crippen molar-refractivity contribution in [2.75, 3.05) is 10.8 Å². The van der Waals surface area contributed by atoms with Crippen LogP contribution in [0.1, 0.15) is 37.6 Å². The number of aliphatic hydroxyl groups is 1. The molecule has 0 fully saturated rings. The number of benzene rings is 1. The Kier molecular flexibility index (Phi) is 8.98. The zero-order chi connectivity index (χ0) is 17.2. The summed E-state index contributed by atoms with van der Waals surface area (Å²) in [6.07, 6.45) is 0. The Balaban J connectivity index is 0.00000139. The van der Waals surface area contributed by atoms with Crippen molar-refractivity contribution in [2.24, 2.45) is 0 Å². The minimum Gasteiger partial charge on any atom is -0.504 e. The summed E-state index contributed by atoms with van der Waals surface area (Å²) in [7, 11) is -3.92. The largest absolute Gasteiger partial charge is 0.504 e. The average molecular weight is 441 g/mol. The molecule has 0 atom stereocenters. The van der Waals surface area contributed by atoms with E-state index in [0.717, 1.165) is 9.87 Å². The predicted molar refractivity (Wildman–Crippen MR) is 94.6 cm³/mol. The number of hydrogen-bond donors (Lipinski definition) is 1. The van der Waals surface area contributed by atoms with E-state index in [9.17, 15) is 13.5 Å². The van der Waals surface area contributed by atoms with Crippen LogP contribution >= 0.6 is 0 Å². The minimum atomic E-state index is -3.92. The smallest absolute Gasteiger partial charge is 0.270 e. The SMILES string of the molecule is CC.CCN1c2nonc2C(O)=C(c2ccccc2C)S1(=O)=O.[CH3-].[Y]. The summed E-state index contributed by atoms with van der Waals surface area (Å²) in [5.74, 6) is -0.433. The monoisotopic (exact) mass is 441 g/mol. The molecule has 1 aromatic carbocycles. The summed E-state index contributed by atoms with van der Waals surface area (Å²) in [6, 6.07) is 6.93. The van der Waals surface area contributed by atoms with Crippen LogP contribution in [-0.2, 0) is 42.7 Å². The second kappa shape index (κ2) is 9.45. The summed E-state index contributed by atoms with van der Waals surface area (Å²) in [6.45, 7) is 7.61. The van der Waals surface area contributed by atoms with Crippen molar-refractivity contribution in [3.05, 3.63) is 48.5 Å². The molecule has 0 unspecified atom stereocenters. The molecule has 1 aromatic heterocycles. The van der Waals surface area contributed by atoms with E-state index >= 15 is 0 Å². The Morgan fingerprint density at radius 1 is 1.20 bits per heavy atom. The Bertz CT molecular complexity index is 847. The summed E-state index contributed by atoms with van der Waals surface area (Å²) < 4.78 is 31.2. The Hall–Kier alpha value is -1.25. The van der Waals surface area contributed by atoms with Gasteiger partial charge in [0, 0.05) is 44.8 Å². The second-order valence-corrected chi connectivity index (χ2v) is 6.40. The Morgan fingerprint density at radius 2 is 1.80 bits per heavy atom. The summed E-state index contributed by atoms with van der Waals surface area (Å²) >= 11 is 0. The molecular formula is C16H22N3O4SY-. The molecule has 25 heavy (non-hydrogen) atoms. The van der Waals surface area contributed by atoms with Gasteiger partial charge in [0.1, 0.15) is 4.91 Å². The van der Waals surface area contributed by atoms with E-state index < -0.39 is 15.8 Å². The van der Waals surface area contributed by atoms with Crippen LogP contribution in [0.5, 0.6) is 0 Å². The van der Waals surface area contributed by atoms with Crippen molar-refractivity contribution in [3.8, 4) is 0 Å². The molecule has 2 aromatic rings. The standard InChI is InChI=1S/C13H13N3O4S.C2H6.CH3.Y/c1-3-16-13-10(14-20-15-13)11(17)12(21(16,18)19)9-7-5-4-6-8(9)2;1-2;;/h4-7,17H,3H2,1-2H3;1-2H3;1H3;/q;;-1;. The van der Waals surface area contributed by atoms with Crippen LogP contribution in [0.15, 0.2) is 28.9 Å². The molecule has 1 N–H and O–H groups in total. The van der Waals surface area contributed by atoms with Crippen LogP contribution in [-0.4, -0.2) is 30.4 Å². The van der Waals surface area contributed by atoms with Gasteiger partial charge in [-0.3, -0.25) is 0 Å². The van der Waals surface area contributed by atoms with Crippen molar-refractivity contribution in [3.63, 3.8) is 0 Å². The Morgan fingerprint density at radius 3 is 2.36 bits per heavy atom. The molecule has 0 spiro atoms. The fourth-order valence-corrected chi connectivity index (χ4v) is 4.12. The van der Waals surface area contributed by atoms with Gasteiger partial charge in [0.2, 0.25) is 5.82 Å². The normalized spacial score (nSPS) is 14.5. The average Bonchev–Trinajstić information content (AvgIpc) is 3.00. The fraction of sp³-hybridized carbons (Fsp3) is 0.312. The zero-order valence-electron chi connectivity index (χ0n) is 15.0. The predicted octanol–water partition coefficient (Wildman–Crippen LogP) is 3.41. The van der Waals surface area contributed by atoms with Gasteiger partial charge in [-0.2, -0.15) is 0 Å². The number of fused-ring (bicyclic) bond motifs is 1. The maximum absolute atomic E-state index is 12.8. The van der Waals surface area contributed by atoms with E-state index in [1.165, 1.54) is 0 Å². The van der Waals surface area contributed by atoms with Gasteiger partial charge in [0.25, 0.3) is 10.0 Å². The molecule has 9 heteroatoms. The number of aliphatic hydroxyl groups excluding tert-OH is 1. The fourth-order valence-electron chi connectivity index (χ4n) is 2.36. The van der Waals surface area contributed by atoms with Crippen molar-refractivity contribution in [1.82, 2.24) is 10.3 Å². The van der Waals surface area contributed by atoms with Crippen molar-refractivity contribution >= 4 is 26.5 Å². The number of hydrogen-bond acceptors (Lipinski definition) is 6. The first-order valence-corrected chi connectivity index (χ1v) is 8.77. The first kappa shape index (κ1) is 23.8. The third-order valence-electron chi connectivity index (χ3n) is 3.37. The molecule has 3 rings (SSSR count). The zero-order valence-corrected chi connectivity index (χ0v) is 18.7. The van der Waals surface area contributed by atoms with Crippen LogP contribution in [0.4, 0.5) is 5.82 Å². The van der Waals surface area contributed by atoms with Crippen molar-refractivity contribution in [2.45, 2.75) is 27.7 Å². The van der Waals surface area contributed by atoms with E-state index in [1.54, 1.807) is 38.1 Å². The molecule has 0 amide bonds. The van der Waals surface area contributed by atoms with Gasteiger partial charge in [-0.15, -0.1) is 0 Å². The van der Waals surface area contributed by atoms with Crippen LogP contribution in [0.2, 0.25) is 0 Å². The molecule has 0 aliphatic carbocycles. The molecule has 2 heterocycles.